The molecule has 3 aromatic carbocycles. The van der Waals surface area contributed by atoms with Crippen LogP contribution >= 0.6 is 23.2 Å². The number of azo groups is 1. The molecule has 3 rings (SSSR count). The molecule has 0 aliphatic heterocycles. The second kappa shape index (κ2) is 11.2. The van der Waals surface area contributed by atoms with Crippen LogP contribution < -0.4 is 0 Å². The molecular weight excluding hydrogens is 593 g/mol. The molecule has 37 heavy (non-hydrogen) atoms. The number of nitrogens with zero attached hydrogens (tertiary/aromatic N) is 3. The van der Waals surface area contributed by atoms with Crippen molar-refractivity contribution < 1.29 is 39.5 Å². The number of alkyl halides is 2. The number of benzene rings is 3. The van der Waals surface area contributed by atoms with Crippen molar-refractivity contribution in [2.75, 3.05) is 24.8 Å². The number of sulfonamides is 1. The van der Waals surface area contributed by atoms with Crippen LogP contribution in [0.2, 0.25) is 0 Å². The molecule has 0 fully saturated rings. The summed E-state index contributed by atoms with van der Waals surface area (Å²) in [6, 6.07) is 8.99. The van der Waals surface area contributed by atoms with E-state index in [-0.39, 0.29) is 46.2 Å². The van der Waals surface area contributed by atoms with Crippen molar-refractivity contribution in [2.45, 2.75) is 14.7 Å². The van der Waals surface area contributed by atoms with Gasteiger partial charge in [0.15, 0.2) is 5.75 Å². The normalized spacial score (nSPS) is 13.1. The third-order valence-electron chi connectivity index (χ3n) is 5.01. The molecular formula is C20H19Cl2N3O9S3. The van der Waals surface area contributed by atoms with Crippen molar-refractivity contribution in [3.63, 3.8) is 0 Å². The molecule has 200 valence electrons. The molecule has 0 spiro atoms. The van der Waals surface area contributed by atoms with Crippen molar-refractivity contribution >= 4 is 75.6 Å². The third-order valence-corrected chi connectivity index (χ3v) is 8.97. The minimum Gasteiger partial charge on any atom is -0.504 e. The van der Waals surface area contributed by atoms with Crippen LogP contribution in [0.25, 0.3) is 10.8 Å². The molecule has 0 aliphatic carbocycles. The number of hydrogen-bond donors (Lipinski definition) is 3. The topological polar surface area (TPSA) is 191 Å². The fraction of sp³-hybridized carbons (Fsp3) is 0.200. The Morgan fingerprint density at radius 3 is 1.84 bits per heavy atom. The highest BCUT2D eigenvalue weighted by Gasteiger charge is 2.24. The summed E-state index contributed by atoms with van der Waals surface area (Å²) in [4.78, 5) is -1.60. The SMILES string of the molecule is O=S(=O)(O)c1ccc2c(N=Nc3ccc(S(=O)(=O)N(CCCl)CCCl)cc3)c(O)c(S(=O)(=O)O)cc2c1. The van der Waals surface area contributed by atoms with Gasteiger partial charge in [0.25, 0.3) is 20.2 Å². The first kappa shape index (κ1) is 29.2. The summed E-state index contributed by atoms with van der Waals surface area (Å²) >= 11 is 11.4. The van der Waals surface area contributed by atoms with E-state index < -0.39 is 51.5 Å². The van der Waals surface area contributed by atoms with E-state index in [1.54, 1.807) is 0 Å². The van der Waals surface area contributed by atoms with Gasteiger partial charge < -0.3 is 5.11 Å². The van der Waals surface area contributed by atoms with E-state index in [9.17, 15) is 39.5 Å². The number of hydrogen-bond acceptors (Lipinski definition) is 9. The lowest BCUT2D eigenvalue weighted by Gasteiger charge is -2.20. The number of fused-ring (bicyclic) bond motifs is 1. The molecule has 0 aliphatic rings. The predicted octanol–water partition coefficient (Wildman–Crippen LogP) is 3.92. The highest BCUT2D eigenvalue weighted by Crippen LogP contribution is 2.42. The molecule has 3 aromatic rings. The first-order valence-electron chi connectivity index (χ1n) is 10.1. The minimum absolute atomic E-state index is 0.0399. The van der Waals surface area contributed by atoms with E-state index in [2.05, 4.69) is 10.2 Å². The van der Waals surface area contributed by atoms with Gasteiger partial charge in [-0.2, -0.15) is 26.3 Å². The Kier molecular flexibility index (Phi) is 8.81. The van der Waals surface area contributed by atoms with Crippen LogP contribution in [0, 0.1) is 0 Å². The van der Waals surface area contributed by atoms with Crippen molar-refractivity contribution in [1.29, 1.82) is 0 Å². The van der Waals surface area contributed by atoms with Crippen molar-refractivity contribution in [3.05, 3.63) is 48.5 Å². The molecule has 0 bridgehead atoms. The highest BCUT2D eigenvalue weighted by molar-refractivity contribution is 7.89. The quantitative estimate of drug-likeness (QED) is 0.173. The zero-order valence-electron chi connectivity index (χ0n) is 18.6. The van der Waals surface area contributed by atoms with Crippen LogP contribution in [0.5, 0.6) is 5.75 Å². The fourth-order valence-electron chi connectivity index (χ4n) is 3.27. The Hall–Kier alpha value is -2.37. The van der Waals surface area contributed by atoms with Crippen LogP contribution in [0.1, 0.15) is 0 Å². The van der Waals surface area contributed by atoms with Gasteiger partial charge in [-0.1, -0.05) is 6.07 Å². The van der Waals surface area contributed by atoms with Crippen LogP contribution in [-0.4, -0.2) is 68.6 Å². The Balaban J connectivity index is 2.08. The summed E-state index contributed by atoms with van der Waals surface area (Å²) in [6.07, 6.45) is 0. The molecule has 0 aromatic heterocycles. The van der Waals surface area contributed by atoms with Gasteiger partial charge in [0.1, 0.15) is 10.6 Å². The summed E-state index contributed by atoms with van der Waals surface area (Å²) in [7, 11) is -13.5. The van der Waals surface area contributed by atoms with E-state index >= 15 is 0 Å². The van der Waals surface area contributed by atoms with Crippen molar-refractivity contribution in [3.8, 4) is 5.75 Å². The van der Waals surface area contributed by atoms with E-state index in [1.807, 2.05) is 0 Å². The largest absolute Gasteiger partial charge is 0.504 e. The lowest BCUT2D eigenvalue weighted by molar-refractivity contribution is 0.444. The van der Waals surface area contributed by atoms with Crippen LogP contribution in [0.4, 0.5) is 11.4 Å². The maximum atomic E-state index is 12.8. The fourth-order valence-corrected chi connectivity index (χ4v) is 6.45. The zero-order valence-corrected chi connectivity index (χ0v) is 22.5. The minimum atomic E-state index is -4.97. The Labute approximate surface area is 222 Å². The molecule has 12 nitrogen and oxygen atoms in total. The third kappa shape index (κ3) is 6.56. The molecule has 0 saturated heterocycles. The molecule has 0 atom stereocenters. The van der Waals surface area contributed by atoms with E-state index in [0.717, 1.165) is 28.6 Å². The van der Waals surface area contributed by atoms with Gasteiger partial charge in [0, 0.05) is 30.2 Å². The maximum Gasteiger partial charge on any atom is 0.298 e. The van der Waals surface area contributed by atoms with Gasteiger partial charge in [-0.05, 0) is 47.9 Å². The number of rotatable bonds is 10. The summed E-state index contributed by atoms with van der Waals surface area (Å²) in [5.74, 6) is -0.835. The lowest BCUT2D eigenvalue weighted by Crippen LogP contribution is -2.34. The Bertz CT molecular complexity index is 1670. The summed E-state index contributed by atoms with van der Waals surface area (Å²) in [6.45, 7) is 0.0989. The number of phenolic OH excluding ortho intramolecular Hbond substituents is 1. The molecule has 0 saturated carbocycles. The molecule has 0 heterocycles. The van der Waals surface area contributed by atoms with Crippen LogP contribution in [-0.2, 0) is 30.3 Å². The Morgan fingerprint density at radius 2 is 1.32 bits per heavy atom. The van der Waals surface area contributed by atoms with Crippen molar-refractivity contribution in [1.82, 2.24) is 4.31 Å². The monoisotopic (exact) mass is 611 g/mol. The van der Waals surface area contributed by atoms with Gasteiger partial charge in [0.2, 0.25) is 10.0 Å². The van der Waals surface area contributed by atoms with Crippen LogP contribution in [0.3, 0.4) is 0 Å². The molecule has 0 radical (unpaired) electrons. The lowest BCUT2D eigenvalue weighted by atomic mass is 10.1. The zero-order chi connectivity index (χ0) is 27.6. The first-order chi connectivity index (χ1) is 17.2. The summed E-state index contributed by atoms with van der Waals surface area (Å²) < 4.78 is 92.0. The summed E-state index contributed by atoms with van der Waals surface area (Å²) in [5, 5.41) is 18.2. The average molecular weight is 612 g/mol. The van der Waals surface area contributed by atoms with Crippen LogP contribution in [0.15, 0.2) is 73.4 Å². The van der Waals surface area contributed by atoms with Crippen molar-refractivity contribution in [2.24, 2.45) is 10.2 Å². The molecule has 17 heteroatoms. The number of halogens is 2. The standard InChI is InChI=1S/C20H19Cl2N3O9S3/c21-7-9-25(10-8-22)35(27,28)15-3-1-14(2-4-15)23-24-19-17-6-5-16(36(29,30)31)11-13(17)12-18(20(19)26)37(32,33)34/h1-6,11-12,26H,7-10H2,(H,29,30,31)(H,32,33,34). The molecule has 0 unspecified atom stereocenters. The molecule has 0 amide bonds. The van der Waals surface area contributed by atoms with E-state index in [4.69, 9.17) is 23.2 Å². The first-order valence-corrected chi connectivity index (χ1v) is 15.5. The maximum absolute atomic E-state index is 12.8. The summed E-state index contributed by atoms with van der Waals surface area (Å²) in [5.41, 5.74) is -0.321. The smallest absolute Gasteiger partial charge is 0.298 e. The number of phenols is 1. The second-order valence-corrected chi connectivity index (χ2v) is 12.9. The van der Waals surface area contributed by atoms with Gasteiger partial charge in [0.05, 0.1) is 15.5 Å². The van der Waals surface area contributed by atoms with Gasteiger partial charge in [-0.15, -0.1) is 28.3 Å². The van der Waals surface area contributed by atoms with E-state index in [1.165, 1.54) is 24.3 Å². The van der Waals surface area contributed by atoms with Gasteiger partial charge >= 0.3 is 0 Å². The average Bonchev–Trinajstić information content (AvgIpc) is 2.81. The Morgan fingerprint density at radius 1 is 0.757 bits per heavy atom. The molecule has 3 N–H and O–H groups in total. The predicted molar refractivity (Wildman–Crippen MR) is 136 cm³/mol. The van der Waals surface area contributed by atoms with E-state index in [0.29, 0.717) is 0 Å². The van der Waals surface area contributed by atoms with Gasteiger partial charge in [-0.3, -0.25) is 9.11 Å². The second-order valence-electron chi connectivity index (χ2n) is 7.38. The highest BCUT2D eigenvalue weighted by atomic mass is 35.5. The number of aromatic hydroxyl groups is 1. The van der Waals surface area contributed by atoms with Gasteiger partial charge in [-0.25, -0.2) is 8.42 Å².